The molecule has 10 rings (SSSR count). The molecule has 2 aliphatic rings. The predicted octanol–water partition coefficient (Wildman–Crippen LogP) is 13.2. The van der Waals surface area contributed by atoms with E-state index in [-0.39, 0.29) is 0 Å². The van der Waals surface area contributed by atoms with E-state index in [1.54, 1.807) is 0 Å². The van der Waals surface area contributed by atoms with Crippen LogP contribution < -0.4 is 9.64 Å². The van der Waals surface area contributed by atoms with E-state index in [0.717, 1.165) is 29.1 Å². The summed E-state index contributed by atoms with van der Waals surface area (Å²) in [6, 6.07) is 64.8. The van der Waals surface area contributed by atoms with Gasteiger partial charge >= 0.3 is 0 Å². The summed E-state index contributed by atoms with van der Waals surface area (Å²) < 4.78 is 6.24. The van der Waals surface area contributed by atoms with E-state index < -0.39 is 5.41 Å². The zero-order chi connectivity index (χ0) is 35.5. The first kappa shape index (κ1) is 31.4. The Labute approximate surface area is 311 Å². The molecule has 254 valence electrons. The third-order valence-corrected chi connectivity index (χ3v) is 11.5. The highest BCUT2D eigenvalue weighted by Gasteiger charge is 2.43. The topological polar surface area (TPSA) is 12.5 Å². The van der Waals surface area contributed by atoms with Crippen molar-refractivity contribution in [3.05, 3.63) is 204 Å². The summed E-state index contributed by atoms with van der Waals surface area (Å²) in [6.45, 7) is 5.28. The van der Waals surface area contributed by atoms with Crippen molar-refractivity contribution >= 4 is 27.8 Å². The van der Waals surface area contributed by atoms with Gasteiger partial charge in [0.1, 0.15) is 5.75 Å². The number of anilines is 3. The van der Waals surface area contributed by atoms with Crippen LogP contribution in [-0.4, -0.2) is 6.61 Å². The van der Waals surface area contributed by atoms with Crippen molar-refractivity contribution in [2.75, 3.05) is 11.5 Å². The molecule has 1 atom stereocenters. The van der Waals surface area contributed by atoms with Crippen LogP contribution in [0.15, 0.2) is 176 Å². The van der Waals surface area contributed by atoms with Gasteiger partial charge in [-0.2, -0.15) is 0 Å². The lowest BCUT2D eigenvalue weighted by molar-refractivity contribution is 0.326. The molecule has 53 heavy (non-hydrogen) atoms. The number of aryl methyl sites for hydroxylation is 1. The first-order valence-corrected chi connectivity index (χ1v) is 18.6. The minimum atomic E-state index is -0.391. The van der Waals surface area contributed by atoms with E-state index in [1.807, 2.05) is 0 Å². The lowest BCUT2D eigenvalue weighted by atomic mass is 9.73. The number of ether oxygens (including phenoxy) is 1. The SMILES string of the molecule is Cc1cccc(N(c2ccc3c(c2)-c2ccccc2OCC3)c2cc3c(c4ccccc24)-c2ccc(-c4ccccc4)cc2C3(C)c2ccccc2)c1. The Hall–Kier alpha value is -6.38. The second kappa shape index (κ2) is 12.4. The largest absolute Gasteiger partial charge is 0.493 e. The smallest absolute Gasteiger partial charge is 0.127 e. The van der Waals surface area contributed by atoms with Crippen LogP contribution in [0.3, 0.4) is 0 Å². The number of nitrogens with zero attached hydrogens (tertiary/aromatic N) is 1. The number of hydrogen-bond acceptors (Lipinski definition) is 2. The molecule has 1 unspecified atom stereocenters. The zero-order valence-electron chi connectivity index (χ0n) is 30.0. The van der Waals surface area contributed by atoms with Crippen LogP contribution in [0.2, 0.25) is 0 Å². The van der Waals surface area contributed by atoms with E-state index in [9.17, 15) is 0 Å². The Morgan fingerprint density at radius 2 is 1.26 bits per heavy atom. The summed E-state index contributed by atoms with van der Waals surface area (Å²) in [4.78, 5) is 2.48. The predicted molar refractivity (Wildman–Crippen MR) is 221 cm³/mol. The maximum absolute atomic E-state index is 6.24. The fourth-order valence-corrected chi connectivity index (χ4v) is 8.89. The average molecular weight is 682 g/mol. The molecule has 8 aromatic rings. The molecule has 0 radical (unpaired) electrons. The molecule has 0 saturated carbocycles. The highest BCUT2D eigenvalue weighted by atomic mass is 16.5. The maximum atomic E-state index is 6.24. The zero-order valence-corrected chi connectivity index (χ0v) is 30.0. The number of benzene rings is 8. The van der Waals surface area contributed by atoms with Gasteiger partial charge in [0.25, 0.3) is 0 Å². The first-order chi connectivity index (χ1) is 26.1. The molecule has 2 heteroatoms. The molecule has 0 amide bonds. The van der Waals surface area contributed by atoms with E-state index in [0.29, 0.717) is 6.61 Å². The fourth-order valence-electron chi connectivity index (χ4n) is 8.89. The van der Waals surface area contributed by atoms with Crippen LogP contribution >= 0.6 is 0 Å². The van der Waals surface area contributed by atoms with Gasteiger partial charge in [0, 0.05) is 34.2 Å². The van der Waals surface area contributed by atoms with Crippen LogP contribution in [0, 0.1) is 6.92 Å². The van der Waals surface area contributed by atoms with Gasteiger partial charge in [-0.05, 0) is 117 Å². The molecule has 2 nitrogen and oxygen atoms in total. The van der Waals surface area contributed by atoms with Crippen molar-refractivity contribution in [1.82, 2.24) is 0 Å². The Morgan fingerprint density at radius 1 is 0.528 bits per heavy atom. The molecule has 0 fully saturated rings. The lowest BCUT2D eigenvalue weighted by Gasteiger charge is -2.32. The van der Waals surface area contributed by atoms with E-state index in [1.165, 1.54) is 72.1 Å². The third kappa shape index (κ3) is 5.01. The van der Waals surface area contributed by atoms with E-state index >= 15 is 0 Å². The number of rotatable bonds is 5. The van der Waals surface area contributed by atoms with Gasteiger partial charge in [-0.15, -0.1) is 0 Å². The Balaban J connectivity index is 1.27. The highest BCUT2D eigenvalue weighted by Crippen LogP contribution is 2.57. The number of para-hydroxylation sites is 1. The summed E-state index contributed by atoms with van der Waals surface area (Å²) in [5, 5.41) is 2.49. The summed E-state index contributed by atoms with van der Waals surface area (Å²) in [5.74, 6) is 0.944. The summed E-state index contributed by atoms with van der Waals surface area (Å²) in [5.41, 5.74) is 17.0. The summed E-state index contributed by atoms with van der Waals surface area (Å²) in [7, 11) is 0. The lowest BCUT2D eigenvalue weighted by Crippen LogP contribution is -2.23. The minimum absolute atomic E-state index is 0.391. The van der Waals surface area contributed by atoms with Crippen molar-refractivity contribution < 1.29 is 4.74 Å². The molecule has 1 aliphatic carbocycles. The number of hydrogen-bond donors (Lipinski definition) is 0. The van der Waals surface area contributed by atoms with E-state index in [4.69, 9.17) is 4.74 Å². The molecular formula is C51H39NO. The van der Waals surface area contributed by atoms with Crippen LogP contribution in [0.5, 0.6) is 5.75 Å². The van der Waals surface area contributed by atoms with Gasteiger partial charge < -0.3 is 9.64 Å². The Bertz CT molecular complexity index is 2680. The Morgan fingerprint density at radius 3 is 2.09 bits per heavy atom. The number of fused-ring (bicyclic) bond motifs is 8. The van der Waals surface area contributed by atoms with Crippen LogP contribution in [0.4, 0.5) is 17.1 Å². The fraction of sp³-hybridized carbons (Fsp3) is 0.0980. The van der Waals surface area contributed by atoms with Gasteiger partial charge in [-0.3, -0.25) is 0 Å². The molecule has 8 aromatic carbocycles. The maximum Gasteiger partial charge on any atom is 0.127 e. The molecule has 0 bridgehead atoms. The van der Waals surface area contributed by atoms with Crippen LogP contribution in [0.1, 0.15) is 34.7 Å². The van der Waals surface area contributed by atoms with Gasteiger partial charge in [0.2, 0.25) is 0 Å². The third-order valence-electron chi connectivity index (χ3n) is 11.5. The molecule has 0 aromatic heterocycles. The summed E-state index contributed by atoms with van der Waals surface area (Å²) >= 11 is 0. The standard InChI is InChI=1S/C51H39NO/c1-34-14-13-19-39(30-34)52(40-26-24-36-28-29-53-49-23-12-11-21-42(49)45(36)32-40)48-33-47-50(43-22-10-9-20-41(43)48)44-27-25-37(35-15-5-3-6-16-35)31-46(44)51(47,2)38-17-7-4-8-18-38/h3-27,30-33H,28-29H2,1-2H3. The van der Waals surface area contributed by atoms with Crippen molar-refractivity contribution in [3.8, 4) is 39.1 Å². The van der Waals surface area contributed by atoms with Crippen molar-refractivity contribution in [3.63, 3.8) is 0 Å². The molecule has 1 heterocycles. The normalized spacial score (nSPS) is 15.4. The molecule has 0 spiro atoms. The van der Waals surface area contributed by atoms with Gasteiger partial charge in [-0.1, -0.05) is 133 Å². The highest BCUT2D eigenvalue weighted by molar-refractivity contribution is 6.10. The van der Waals surface area contributed by atoms with Gasteiger partial charge in [-0.25, -0.2) is 0 Å². The molecule has 1 aliphatic heterocycles. The van der Waals surface area contributed by atoms with Crippen molar-refractivity contribution in [2.24, 2.45) is 0 Å². The van der Waals surface area contributed by atoms with E-state index in [2.05, 4.69) is 195 Å². The van der Waals surface area contributed by atoms with Crippen molar-refractivity contribution in [1.29, 1.82) is 0 Å². The minimum Gasteiger partial charge on any atom is -0.493 e. The first-order valence-electron chi connectivity index (χ1n) is 18.6. The van der Waals surface area contributed by atoms with Gasteiger partial charge in [0.05, 0.1) is 12.3 Å². The molecule has 0 saturated heterocycles. The molecule has 0 N–H and O–H groups in total. The molecular weight excluding hydrogens is 643 g/mol. The second-order valence-corrected chi connectivity index (χ2v) is 14.6. The summed E-state index contributed by atoms with van der Waals surface area (Å²) in [6.07, 6.45) is 0.870. The quantitative estimate of drug-likeness (QED) is 0.179. The monoisotopic (exact) mass is 681 g/mol. The average Bonchev–Trinajstić information content (AvgIpc) is 3.33. The van der Waals surface area contributed by atoms with Crippen LogP contribution in [0.25, 0.3) is 44.2 Å². The van der Waals surface area contributed by atoms with Gasteiger partial charge in [0.15, 0.2) is 0 Å². The van der Waals surface area contributed by atoms with Crippen LogP contribution in [-0.2, 0) is 11.8 Å². The second-order valence-electron chi connectivity index (χ2n) is 14.6. The Kier molecular flexibility index (Phi) is 7.33. The van der Waals surface area contributed by atoms with Crippen molar-refractivity contribution in [2.45, 2.75) is 25.7 Å².